The summed E-state index contributed by atoms with van der Waals surface area (Å²) in [7, 11) is 0. The lowest BCUT2D eigenvalue weighted by Gasteiger charge is -2.36. The van der Waals surface area contributed by atoms with Gasteiger partial charge in [-0.1, -0.05) is 0 Å². The molecule has 18 heavy (non-hydrogen) atoms. The van der Waals surface area contributed by atoms with Crippen molar-refractivity contribution in [2.75, 3.05) is 19.7 Å². The predicted molar refractivity (Wildman–Crippen MR) is 66.1 cm³/mol. The molecule has 7 nitrogen and oxygen atoms in total. The molecule has 0 spiro atoms. The lowest BCUT2D eigenvalue weighted by atomic mass is 10.1. The number of nitro groups is 1. The van der Waals surface area contributed by atoms with E-state index in [1.807, 2.05) is 13.8 Å². The molecule has 1 aromatic heterocycles. The Balaban J connectivity index is 1.85. The molecule has 1 atom stereocenters. The molecule has 2 rings (SSSR count). The number of thiazole rings is 1. The van der Waals surface area contributed by atoms with E-state index < -0.39 is 4.92 Å². The Kier molecular flexibility index (Phi) is 3.79. The van der Waals surface area contributed by atoms with E-state index in [9.17, 15) is 10.1 Å². The van der Waals surface area contributed by atoms with Crippen LogP contribution in [0.25, 0.3) is 0 Å². The molecule has 0 aliphatic carbocycles. The molecular weight excluding hydrogens is 258 g/mol. The van der Waals surface area contributed by atoms with Gasteiger partial charge in [0.2, 0.25) is 0 Å². The van der Waals surface area contributed by atoms with E-state index in [-0.39, 0.29) is 16.7 Å². The molecule has 0 radical (unpaired) electrons. The molecule has 0 amide bonds. The van der Waals surface area contributed by atoms with E-state index in [2.05, 4.69) is 10.3 Å². The van der Waals surface area contributed by atoms with Crippen molar-refractivity contribution in [1.29, 1.82) is 0 Å². The number of hydrogen-bond donors (Lipinski definition) is 1. The van der Waals surface area contributed by atoms with Crippen LogP contribution in [0.5, 0.6) is 5.19 Å². The van der Waals surface area contributed by atoms with E-state index in [0.717, 1.165) is 17.9 Å². The zero-order valence-corrected chi connectivity index (χ0v) is 11.0. The Morgan fingerprint density at radius 1 is 1.78 bits per heavy atom. The second-order valence-electron chi connectivity index (χ2n) is 4.66. The van der Waals surface area contributed by atoms with Crippen molar-refractivity contribution in [2.45, 2.75) is 25.6 Å². The van der Waals surface area contributed by atoms with Gasteiger partial charge in [0.15, 0.2) is 0 Å². The molecule has 0 bridgehead atoms. The maximum Gasteiger partial charge on any atom is 0.347 e. The van der Waals surface area contributed by atoms with Gasteiger partial charge in [-0.25, -0.2) is 4.98 Å². The van der Waals surface area contributed by atoms with Crippen LogP contribution < -0.4 is 10.1 Å². The highest BCUT2D eigenvalue weighted by atomic mass is 32.1. The molecule has 0 saturated carbocycles. The Labute approximate surface area is 108 Å². The Bertz CT molecular complexity index is 435. The average Bonchev–Trinajstić information content (AvgIpc) is 2.74. The largest absolute Gasteiger partial charge is 0.467 e. The highest BCUT2D eigenvalue weighted by molar-refractivity contribution is 7.16. The van der Waals surface area contributed by atoms with E-state index in [0.29, 0.717) is 18.3 Å². The van der Waals surface area contributed by atoms with Crippen molar-refractivity contribution in [3.05, 3.63) is 16.3 Å². The SMILES string of the molecule is CC1(C)CNCC(COc2ncc([N+](=O)[O-])s2)O1. The molecule has 1 saturated heterocycles. The normalized spacial score (nSPS) is 22.7. The Hall–Kier alpha value is -1.25. The highest BCUT2D eigenvalue weighted by Crippen LogP contribution is 2.27. The summed E-state index contributed by atoms with van der Waals surface area (Å²) in [5.74, 6) is 0. The van der Waals surface area contributed by atoms with Crippen LogP contribution in [0.4, 0.5) is 5.00 Å². The van der Waals surface area contributed by atoms with Crippen LogP contribution in [0.3, 0.4) is 0 Å². The Morgan fingerprint density at radius 3 is 3.17 bits per heavy atom. The minimum Gasteiger partial charge on any atom is -0.467 e. The maximum atomic E-state index is 10.5. The van der Waals surface area contributed by atoms with Crippen LogP contribution in [0.2, 0.25) is 0 Å². The molecule has 1 aliphatic heterocycles. The van der Waals surface area contributed by atoms with Gasteiger partial charge in [-0.05, 0) is 25.2 Å². The van der Waals surface area contributed by atoms with Crippen LogP contribution in [-0.2, 0) is 4.74 Å². The van der Waals surface area contributed by atoms with E-state index >= 15 is 0 Å². The number of rotatable bonds is 4. The van der Waals surface area contributed by atoms with Gasteiger partial charge in [0.05, 0.1) is 10.5 Å². The second-order valence-corrected chi connectivity index (χ2v) is 5.63. The summed E-state index contributed by atoms with van der Waals surface area (Å²) in [4.78, 5) is 13.8. The number of ether oxygens (including phenoxy) is 2. The molecule has 2 heterocycles. The Morgan fingerprint density at radius 2 is 2.56 bits per heavy atom. The van der Waals surface area contributed by atoms with Crippen molar-refractivity contribution >= 4 is 16.3 Å². The topological polar surface area (TPSA) is 86.5 Å². The minimum absolute atomic E-state index is 0.0204. The third-order valence-electron chi connectivity index (χ3n) is 2.45. The molecule has 100 valence electrons. The molecular formula is C10H15N3O4S. The number of nitrogens with one attached hydrogen (secondary N) is 1. The third-order valence-corrected chi connectivity index (χ3v) is 3.31. The summed E-state index contributed by atoms with van der Waals surface area (Å²) in [5, 5.41) is 14.0. The quantitative estimate of drug-likeness (QED) is 0.655. The fourth-order valence-corrected chi connectivity index (χ4v) is 2.32. The standard InChI is InChI=1S/C10H15N3O4S/c1-10(2)6-11-3-7(17-10)5-16-9-12-4-8(18-9)13(14)15/h4,7,11H,3,5-6H2,1-2H3. The lowest BCUT2D eigenvalue weighted by Crippen LogP contribution is -2.52. The van der Waals surface area contributed by atoms with Crippen molar-refractivity contribution in [2.24, 2.45) is 0 Å². The summed E-state index contributed by atoms with van der Waals surface area (Å²) < 4.78 is 11.2. The van der Waals surface area contributed by atoms with Gasteiger partial charge in [0.1, 0.15) is 18.9 Å². The zero-order chi connectivity index (χ0) is 13.2. The molecule has 8 heteroatoms. The fourth-order valence-electron chi connectivity index (χ4n) is 1.73. The lowest BCUT2D eigenvalue weighted by molar-refractivity contribution is -0.380. The van der Waals surface area contributed by atoms with Gasteiger partial charge >= 0.3 is 5.00 Å². The summed E-state index contributed by atoms with van der Waals surface area (Å²) in [6.45, 7) is 5.84. The minimum atomic E-state index is -0.480. The van der Waals surface area contributed by atoms with Gasteiger partial charge in [-0.2, -0.15) is 0 Å². The van der Waals surface area contributed by atoms with Crippen molar-refractivity contribution in [3.8, 4) is 5.19 Å². The first-order valence-electron chi connectivity index (χ1n) is 5.58. The summed E-state index contributed by atoms with van der Waals surface area (Å²) in [6.07, 6.45) is 1.13. The fraction of sp³-hybridized carbons (Fsp3) is 0.700. The molecule has 1 aliphatic rings. The van der Waals surface area contributed by atoms with E-state index in [1.165, 1.54) is 6.20 Å². The first-order valence-corrected chi connectivity index (χ1v) is 6.39. The molecule has 1 aromatic rings. The average molecular weight is 273 g/mol. The smallest absolute Gasteiger partial charge is 0.347 e. The van der Waals surface area contributed by atoms with Crippen LogP contribution in [0.1, 0.15) is 13.8 Å². The van der Waals surface area contributed by atoms with Gasteiger partial charge in [-0.3, -0.25) is 10.1 Å². The van der Waals surface area contributed by atoms with E-state index in [1.54, 1.807) is 0 Å². The second kappa shape index (κ2) is 5.17. The van der Waals surface area contributed by atoms with Crippen LogP contribution in [-0.4, -0.2) is 41.3 Å². The summed E-state index contributed by atoms with van der Waals surface area (Å²) >= 11 is 0.921. The zero-order valence-electron chi connectivity index (χ0n) is 10.2. The van der Waals surface area contributed by atoms with Gasteiger partial charge in [-0.15, -0.1) is 0 Å². The van der Waals surface area contributed by atoms with Gasteiger partial charge in [0, 0.05) is 13.1 Å². The third kappa shape index (κ3) is 3.37. The van der Waals surface area contributed by atoms with Crippen LogP contribution >= 0.6 is 11.3 Å². The molecule has 1 unspecified atom stereocenters. The van der Waals surface area contributed by atoms with Crippen molar-refractivity contribution < 1.29 is 14.4 Å². The molecule has 1 N–H and O–H groups in total. The molecule has 1 fully saturated rings. The number of morpholine rings is 1. The number of hydrogen-bond acceptors (Lipinski definition) is 7. The molecule has 0 aromatic carbocycles. The first kappa shape index (κ1) is 13.2. The summed E-state index contributed by atoms with van der Waals surface area (Å²) in [6, 6.07) is 0. The summed E-state index contributed by atoms with van der Waals surface area (Å²) in [5.41, 5.74) is -0.221. The number of nitrogens with zero attached hydrogens (tertiary/aromatic N) is 2. The van der Waals surface area contributed by atoms with Crippen molar-refractivity contribution in [3.63, 3.8) is 0 Å². The monoisotopic (exact) mass is 273 g/mol. The number of aromatic nitrogens is 1. The van der Waals surface area contributed by atoms with E-state index in [4.69, 9.17) is 9.47 Å². The van der Waals surface area contributed by atoms with Crippen LogP contribution in [0, 0.1) is 10.1 Å². The first-order chi connectivity index (χ1) is 8.46. The maximum absolute atomic E-state index is 10.5. The van der Waals surface area contributed by atoms with Crippen LogP contribution in [0.15, 0.2) is 6.20 Å². The van der Waals surface area contributed by atoms with Gasteiger partial charge < -0.3 is 14.8 Å². The highest BCUT2D eigenvalue weighted by Gasteiger charge is 2.28. The van der Waals surface area contributed by atoms with Gasteiger partial charge in [0.25, 0.3) is 5.19 Å². The van der Waals surface area contributed by atoms with Crippen molar-refractivity contribution in [1.82, 2.24) is 10.3 Å². The predicted octanol–water partition coefficient (Wildman–Crippen LogP) is 1.20.